The number of nitrogens with one attached hydrogen (secondary N) is 1. The fourth-order valence-corrected chi connectivity index (χ4v) is 2.10. The highest BCUT2D eigenvalue weighted by atomic mass is 16.4. The Morgan fingerprint density at radius 1 is 1.47 bits per heavy atom. The van der Waals surface area contributed by atoms with Crippen LogP contribution >= 0.6 is 0 Å². The molecule has 0 saturated heterocycles. The first-order valence-corrected chi connectivity index (χ1v) is 6.78. The molecule has 5 heteroatoms. The van der Waals surface area contributed by atoms with Gasteiger partial charge in [0.25, 0.3) is 0 Å². The Bertz CT molecular complexity index is 474. The first-order chi connectivity index (χ1) is 8.82. The van der Waals surface area contributed by atoms with Gasteiger partial charge in [-0.1, -0.05) is 20.8 Å². The van der Waals surface area contributed by atoms with Crippen LogP contribution in [0.2, 0.25) is 0 Å². The minimum atomic E-state index is -0.157. The Morgan fingerprint density at radius 2 is 2.16 bits per heavy atom. The fourth-order valence-electron chi connectivity index (χ4n) is 2.10. The number of hydrogen-bond acceptors (Lipinski definition) is 4. The SMILES string of the molecule is CN[C@@H](C)C(=O)N1CCc2oc(C(C)(C)C)nc2C1. The summed E-state index contributed by atoms with van der Waals surface area (Å²) in [5, 5.41) is 2.98. The second-order valence-electron chi connectivity index (χ2n) is 6.16. The number of likely N-dealkylation sites (N-methyl/N-ethyl adjacent to an activating group) is 1. The van der Waals surface area contributed by atoms with E-state index in [-0.39, 0.29) is 17.4 Å². The van der Waals surface area contributed by atoms with Gasteiger partial charge in [0.05, 0.1) is 12.6 Å². The molecule has 0 saturated carbocycles. The number of nitrogens with zero attached hydrogens (tertiary/aromatic N) is 2. The van der Waals surface area contributed by atoms with Gasteiger partial charge in [-0.3, -0.25) is 4.79 Å². The van der Waals surface area contributed by atoms with Crippen LogP contribution in [0.15, 0.2) is 4.42 Å². The van der Waals surface area contributed by atoms with Crippen molar-refractivity contribution in [1.82, 2.24) is 15.2 Å². The van der Waals surface area contributed by atoms with Crippen molar-refractivity contribution in [3.8, 4) is 0 Å². The average Bonchev–Trinajstić information content (AvgIpc) is 2.79. The standard InChI is InChI=1S/C14H23N3O2/c1-9(15-5)12(18)17-7-6-11-10(8-17)16-13(19-11)14(2,3)4/h9,15H,6-8H2,1-5H3/t9-/m0/s1. The Labute approximate surface area is 114 Å². The van der Waals surface area contributed by atoms with E-state index in [2.05, 4.69) is 31.1 Å². The van der Waals surface area contributed by atoms with Crippen molar-refractivity contribution in [1.29, 1.82) is 0 Å². The summed E-state index contributed by atoms with van der Waals surface area (Å²) in [6.07, 6.45) is 0.751. The van der Waals surface area contributed by atoms with Gasteiger partial charge < -0.3 is 14.6 Å². The third-order valence-electron chi connectivity index (χ3n) is 3.48. The van der Waals surface area contributed by atoms with Gasteiger partial charge in [0.2, 0.25) is 5.91 Å². The zero-order chi connectivity index (χ0) is 14.2. The van der Waals surface area contributed by atoms with E-state index in [4.69, 9.17) is 4.42 Å². The van der Waals surface area contributed by atoms with Gasteiger partial charge in [-0.05, 0) is 14.0 Å². The summed E-state index contributed by atoms with van der Waals surface area (Å²) in [6, 6.07) is -0.157. The molecule has 19 heavy (non-hydrogen) atoms. The lowest BCUT2D eigenvalue weighted by Gasteiger charge is -2.27. The van der Waals surface area contributed by atoms with Crippen molar-refractivity contribution in [2.75, 3.05) is 13.6 Å². The van der Waals surface area contributed by atoms with Crippen LogP contribution in [-0.4, -0.2) is 35.4 Å². The van der Waals surface area contributed by atoms with Gasteiger partial charge in [0.15, 0.2) is 5.89 Å². The third-order valence-corrected chi connectivity index (χ3v) is 3.48. The zero-order valence-electron chi connectivity index (χ0n) is 12.4. The van der Waals surface area contributed by atoms with Crippen molar-refractivity contribution in [3.63, 3.8) is 0 Å². The van der Waals surface area contributed by atoms with Crippen molar-refractivity contribution in [3.05, 3.63) is 17.3 Å². The maximum atomic E-state index is 12.1. The molecule has 0 bridgehead atoms. The van der Waals surface area contributed by atoms with Gasteiger partial charge in [-0.2, -0.15) is 0 Å². The van der Waals surface area contributed by atoms with E-state index >= 15 is 0 Å². The van der Waals surface area contributed by atoms with Crippen LogP contribution in [0.1, 0.15) is 45.0 Å². The van der Waals surface area contributed by atoms with Crippen LogP contribution in [0.5, 0.6) is 0 Å². The molecule has 0 radical (unpaired) electrons. The van der Waals surface area contributed by atoms with Gasteiger partial charge in [-0.15, -0.1) is 0 Å². The highest BCUT2D eigenvalue weighted by Crippen LogP contribution is 2.27. The van der Waals surface area contributed by atoms with Crippen LogP contribution in [-0.2, 0) is 23.2 Å². The number of aromatic nitrogens is 1. The summed E-state index contributed by atoms with van der Waals surface area (Å²) >= 11 is 0. The second-order valence-corrected chi connectivity index (χ2v) is 6.16. The summed E-state index contributed by atoms with van der Waals surface area (Å²) in [7, 11) is 1.80. The minimum absolute atomic E-state index is 0.0928. The smallest absolute Gasteiger partial charge is 0.239 e. The molecule has 1 atom stereocenters. The number of carbonyl (C=O) groups excluding carboxylic acids is 1. The van der Waals surface area contributed by atoms with Crippen LogP contribution < -0.4 is 5.32 Å². The lowest BCUT2D eigenvalue weighted by atomic mass is 9.97. The third kappa shape index (κ3) is 2.81. The predicted molar refractivity (Wildman–Crippen MR) is 72.8 cm³/mol. The molecule has 1 N–H and O–H groups in total. The molecule has 1 aliphatic rings. The van der Waals surface area contributed by atoms with E-state index in [0.717, 1.165) is 23.8 Å². The van der Waals surface area contributed by atoms with Gasteiger partial charge in [0, 0.05) is 18.4 Å². The Kier molecular flexibility index (Phi) is 3.67. The Hall–Kier alpha value is -1.36. The molecule has 0 aromatic carbocycles. The molecule has 1 aromatic heterocycles. The van der Waals surface area contributed by atoms with Gasteiger partial charge >= 0.3 is 0 Å². The van der Waals surface area contributed by atoms with Crippen LogP contribution in [0.25, 0.3) is 0 Å². The van der Waals surface area contributed by atoms with E-state index in [1.54, 1.807) is 7.05 Å². The van der Waals surface area contributed by atoms with Gasteiger partial charge in [0.1, 0.15) is 11.5 Å². The second kappa shape index (κ2) is 4.96. The Morgan fingerprint density at radius 3 is 2.74 bits per heavy atom. The van der Waals surface area contributed by atoms with Crippen LogP contribution in [0.4, 0.5) is 0 Å². The average molecular weight is 265 g/mol. The number of rotatable bonds is 2. The van der Waals surface area contributed by atoms with Crippen molar-refractivity contribution < 1.29 is 9.21 Å². The maximum absolute atomic E-state index is 12.1. The van der Waals surface area contributed by atoms with E-state index in [1.165, 1.54) is 0 Å². The molecule has 0 aliphatic carbocycles. The molecule has 1 aliphatic heterocycles. The molecule has 0 fully saturated rings. The first kappa shape index (κ1) is 14.1. The molecule has 0 spiro atoms. The topological polar surface area (TPSA) is 58.4 Å². The molecule has 1 aromatic rings. The van der Waals surface area contributed by atoms with E-state index in [9.17, 15) is 4.79 Å². The lowest BCUT2D eigenvalue weighted by molar-refractivity contribution is -0.133. The van der Waals surface area contributed by atoms with Crippen molar-refractivity contribution >= 4 is 5.91 Å². The number of oxazole rings is 1. The lowest BCUT2D eigenvalue weighted by Crippen LogP contribution is -2.45. The van der Waals surface area contributed by atoms with E-state index in [1.807, 2.05) is 11.8 Å². The molecular formula is C14H23N3O2. The normalized spacial score (nSPS) is 17.2. The summed E-state index contributed by atoms with van der Waals surface area (Å²) in [5.74, 6) is 1.81. The fraction of sp³-hybridized carbons (Fsp3) is 0.714. The number of amides is 1. The summed E-state index contributed by atoms with van der Waals surface area (Å²) in [4.78, 5) is 18.6. The van der Waals surface area contributed by atoms with Crippen LogP contribution in [0, 0.1) is 0 Å². The highest BCUT2D eigenvalue weighted by molar-refractivity contribution is 5.81. The minimum Gasteiger partial charge on any atom is -0.445 e. The largest absolute Gasteiger partial charge is 0.445 e. The number of carbonyl (C=O) groups is 1. The first-order valence-electron chi connectivity index (χ1n) is 6.78. The van der Waals surface area contributed by atoms with E-state index < -0.39 is 0 Å². The number of fused-ring (bicyclic) bond motifs is 1. The highest BCUT2D eigenvalue weighted by Gasteiger charge is 2.30. The van der Waals surface area contributed by atoms with Crippen LogP contribution in [0.3, 0.4) is 0 Å². The monoisotopic (exact) mass is 265 g/mol. The molecule has 0 unspecified atom stereocenters. The van der Waals surface area contributed by atoms with Crippen molar-refractivity contribution in [2.45, 2.75) is 52.1 Å². The van der Waals surface area contributed by atoms with Gasteiger partial charge in [-0.25, -0.2) is 4.98 Å². The molecule has 5 nitrogen and oxygen atoms in total. The molecule has 106 valence electrons. The summed E-state index contributed by atoms with van der Waals surface area (Å²) in [6.45, 7) is 9.38. The molecule has 2 heterocycles. The molecular weight excluding hydrogens is 242 g/mol. The number of hydrogen-bond donors (Lipinski definition) is 1. The Balaban J connectivity index is 2.16. The quantitative estimate of drug-likeness (QED) is 0.879. The van der Waals surface area contributed by atoms with E-state index in [0.29, 0.717) is 13.1 Å². The summed E-state index contributed by atoms with van der Waals surface area (Å²) < 4.78 is 5.82. The van der Waals surface area contributed by atoms with Crippen molar-refractivity contribution in [2.24, 2.45) is 0 Å². The maximum Gasteiger partial charge on any atom is 0.239 e. The zero-order valence-corrected chi connectivity index (χ0v) is 12.4. The summed E-state index contributed by atoms with van der Waals surface area (Å²) in [5.41, 5.74) is 0.817. The predicted octanol–water partition coefficient (Wildman–Crippen LogP) is 1.46. The molecule has 2 rings (SSSR count). The molecule has 1 amide bonds.